The molecule has 18 heavy (non-hydrogen) atoms. The third-order valence-corrected chi connectivity index (χ3v) is 2.35. The van der Waals surface area contributed by atoms with Gasteiger partial charge < -0.3 is 15.0 Å². The number of hydrogen-bond acceptors (Lipinski definition) is 4. The van der Waals surface area contributed by atoms with Crippen molar-refractivity contribution < 1.29 is 22.4 Å². The van der Waals surface area contributed by atoms with Crippen LogP contribution in [-0.2, 0) is 6.18 Å². The minimum atomic E-state index is -4.67. The Morgan fingerprint density at radius 1 is 1.28 bits per heavy atom. The number of para-hydroxylation sites is 1. The van der Waals surface area contributed by atoms with Gasteiger partial charge in [-0.05, 0) is 6.07 Å². The molecule has 0 fully saturated rings. The van der Waals surface area contributed by atoms with Crippen LogP contribution in [0, 0.1) is 0 Å². The van der Waals surface area contributed by atoms with Gasteiger partial charge in [-0.25, -0.2) is 0 Å². The summed E-state index contributed by atoms with van der Waals surface area (Å²) in [6, 6.07) is 6.20. The van der Waals surface area contributed by atoms with E-state index in [0.29, 0.717) is 0 Å². The summed E-state index contributed by atoms with van der Waals surface area (Å²) in [6.07, 6.45) is -4.67. The molecule has 96 valence electrons. The predicted molar refractivity (Wildman–Crippen MR) is 57.9 cm³/mol. The highest BCUT2D eigenvalue weighted by Gasteiger charge is 2.41. The third-order valence-electron chi connectivity index (χ3n) is 2.35. The van der Waals surface area contributed by atoms with E-state index in [1.54, 1.807) is 12.1 Å². The number of aromatic nitrogens is 1. The molecule has 2 N–H and O–H groups in total. The molecule has 4 nitrogen and oxygen atoms in total. The number of anilines is 1. The molecule has 0 aliphatic heterocycles. The number of alkyl halides is 3. The van der Waals surface area contributed by atoms with Crippen molar-refractivity contribution in [2.75, 3.05) is 12.8 Å². The van der Waals surface area contributed by atoms with Crippen molar-refractivity contribution in [1.82, 2.24) is 5.16 Å². The predicted octanol–water partition coefficient (Wildman–Crippen LogP) is 2.95. The Morgan fingerprint density at radius 3 is 2.56 bits per heavy atom. The standard InChI is InChI=1S/C11H9F3N2O2/c1-17-7-5-3-2-4-6(7)8-9(11(12,13)14)18-16-10(8)15/h2-5H,1H3,(H2,15,16). The number of nitrogens with zero attached hydrogens (tertiary/aromatic N) is 1. The fourth-order valence-corrected chi connectivity index (χ4v) is 1.61. The Morgan fingerprint density at radius 2 is 1.94 bits per heavy atom. The minimum absolute atomic E-state index is 0.186. The van der Waals surface area contributed by atoms with E-state index in [-0.39, 0.29) is 22.7 Å². The van der Waals surface area contributed by atoms with Gasteiger partial charge in [-0.1, -0.05) is 23.4 Å². The maximum atomic E-state index is 12.8. The topological polar surface area (TPSA) is 61.3 Å². The Balaban J connectivity index is 2.67. The van der Waals surface area contributed by atoms with Crippen LogP contribution in [-0.4, -0.2) is 12.3 Å². The van der Waals surface area contributed by atoms with E-state index in [1.165, 1.54) is 19.2 Å². The Labute approximate surface area is 100 Å². The second-order valence-corrected chi connectivity index (χ2v) is 3.47. The van der Waals surface area contributed by atoms with Crippen LogP contribution < -0.4 is 10.5 Å². The Kier molecular flexibility index (Phi) is 2.90. The van der Waals surface area contributed by atoms with Crippen molar-refractivity contribution in [3.05, 3.63) is 30.0 Å². The highest BCUT2D eigenvalue weighted by molar-refractivity contribution is 5.80. The summed E-state index contributed by atoms with van der Waals surface area (Å²) in [5.74, 6) is -1.30. The number of nitrogen functional groups attached to an aromatic ring is 1. The average molecular weight is 258 g/mol. The van der Waals surface area contributed by atoms with Gasteiger partial charge in [0.1, 0.15) is 5.75 Å². The SMILES string of the molecule is COc1ccccc1-c1c(N)noc1C(F)(F)F. The zero-order valence-electron chi connectivity index (χ0n) is 9.28. The van der Waals surface area contributed by atoms with Crippen molar-refractivity contribution in [3.63, 3.8) is 0 Å². The molecule has 0 aliphatic carbocycles. The molecule has 1 aromatic carbocycles. The van der Waals surface area contributed by atoms with E-state index in [0.717, 1.165) is 0 Å². The quantitative estimate of drug-likeness (QED) is 0.899. The molecule has 0 saturated heterocycles. The lowest BCUT2D eigenvalue weighted by atomic mass is 10.0. The van der Waals surface area contributed by atoms with E-state index >= 15 is 0 Å². The summed E-state index contributed by atoms with van der Waals surface area (Å²) in [4.78, 5) is 0. The average Bonchev–Trinajstić information content (AvgIpc) is 2.70. The summed E-state index contributed by atoms with van der Waals surface area (Å²) >= 11 is 0. The lowest BCUT2D eigenvalue weighted by molar-refractivity contribution is -0.154. The van der Waals surface area contributed by atoms with Crippen LogP contribution in [0.5, 0.6) is 5.75 Å². The molecule has 0 radical (unpaired) electrons. The monoisotopic (exact) mass is 258 g/mol. The van der Waals surface area contributed by atoms with Gasteiger partial charge in [0.15, 0.2) is 5.82 Å². The summed E-state index contributed by atoms with van der Waals surface area (Å²) in [5.41, 5.74) is 5.31. The summed E-state index contributed by atoms with van der Waals surface area (Å²) < 4.78 is 47.5. The first-order valence-electron chi connectivity index (χ1n) is 4.91. The molecule has 7 heteroatoms. The van der Waals surface area contributed by atoms with Crippen LogP contribution in [0.15, 0.2) is 28.8 Å². The van der Waals surface area contributed by atoms with Gasteiger partial charge >= 0.3 is 6.18 Å². The number of ether oxygens (including phenoxy) is 1. The minimum Gasteiger partial charge on any atom is -0.496 e. The Bertz CT molecular complexity index is 564. The van der Waals surface area contributed by atoms with Crippen molar-refractivity contribution in [3.8, 4) is 16.9 Å². The van der Waals surface area contributed by atoms with Gasteiger partial charge in [0, 0.05) is 5.56 Å². The molecular formula is C11H9F3N2O2. The van der Waals surface area contributed by atoms with Crippen molar-refractivity contribution in [2.45, 2.75) is 6.18 Å². The molecule has 0 atom stereocenters. The molecule has 1 aromatic heterocycles. The number of rotatable bonds is 2. The molecule has 0 spiro atoms. The fourth-order valence-electron chi connectivity index (χ4n) is 1.61. The van der Waals surface area contributed by atoms with Crippen LogP contribution in [0.2, 0.25) is 0 Å². The molecule has 0 saturated carbocycles. The zero-order valence-corrected chi connectivity index (χ0v) is 9.28. The molecule has 2 aromatic rings. The first-order valence-corrected chi connectivity index (χ1v) is 4.91. The van der Waals surface area contributed by atoms with Crippen LogP contribution in [0.4, 0.5) is 19.0 Å². The molecule has 0 bridgehead atoms. The lowest BCUT2D eigenvalue weighted by Crippen LogP contribution is -2.06. The first-order chi connectivity index (χ1) is 8.45. The van der Waals surface area contributed by atoms with Gasteiger partial charge in [0.05, 0.1) is 12.7 Å². The second kappa shape index (κ2) is 4.25. The van der Waals surface area contributed by atoms with Gasteiger partial charge in [0.25, 0.3) is 5.76 Å². The van der Waals surface area contributed by atoms with Gasteiger partial charge in [-0.15, -0.1) is 0 Å². The van der Waals surface area contributed by atoms with E-state index in [4.69, 9.17) is 10.5 Å². The maximum Gasteiger partial charge on any atom is 0.453 e. The number of halogens is 3. The van der Waals surface area contributed by atoms with Crippen LogP contribution in [0.25, 0.3) is 11.1 Å². The second-order valence-electron chi connectivity index (χ2n) is 3.47. The van der Waals surface area contributed by atoms with Crippen molar-refractivity contribution in [2.24, 2.45) is 0 Å². The third kappa shape index (κ3) is 1.99. The van der Waals surface area contributed by atoms with Crippen molar-refractivity contribution in [1.29, 1.82) is 0 Å². The highest BCUT2D eigenvalue weighted by atomic mass is 19.4. The molecule has 1 heterocycles. The number of hydrogen-bond donors (Lipinski definition) is 1. The first kappa shape index (κ1) is 12.3. The lowest BCUT2D eigenvalue weighted by Gasteiger charge is -2.09. The van der Waals surface area contributed by atoms with Gasteiger partial charge in [-0.3, -0.25) is 0 Å². The normalized spacial score (nSPS) is 11.6. The van der Waals surface area contributed by atoms with Gasteiger partial charge in [0.2, 0.25) is 0 Å². The molecular weight excluding hydrogens is 249 g/mol. The van der Waals surface area contributed by atoms with E-state index in [2.05, 4.69) is 9.68 Å². The number of methoxy groups -OCH3 is 1. The van der Waals surface area contributed by atoms with E-state index in [1.807, 2.05) is 0 Å². The highest BCUT2D eigenvalue weighted by Crippen LogP contribution is 2.43. The molecule has 0 unspecified atom stereocenters. The van der Waals surface area contributed by atoms with Crippen LogP contribution in [0.3, 0.4) is 0 Å². The molecule has 2 rings (SSSR count). The maximum absolute atomic E-state index is 12.8. The smallest absolute Gasteiger partial charge is 0.453 e. The van der Waals surface area contributed by atoms with Crippen LogP contribution >= 0.6 is 0 Å². The van der Waals surface area contributed by atoms with E-state index < -0.39 is 11.9 Å². The fraction of sp³-hybridized carbons (Fsp3) is 0.182. The van der Waals surface area contributed by atoms with Gasteiger partial charge in [-0.2, -0.15) is 13.2 Å². The largest absolute Gasteiger partial charge is 0.496 e. The molecule has 0 aliphatic rings. The van der Waals surface area contributed by atoms with E-state index in [9.17, 15) is 13.2 Å². The summed E-state index contributed by atoms with van der Waals surface area (Å²) in [7, 11) is 1.36. The zero-order chi connectivity index (χ0) is 13.3. The van der Waals surface area contributed by atoms with Crippen LogP contribution in [0.1, 0.15) is 5.76 Å². The number of benzene rings is 1. The Hall–Kier alpha value is -2.18. The summed E-state index contributed by atoms with van der Waals surface area (Å²) in [6.45, 7) is 0. The number of nitrogens with two attached hydrogens (primary N) is 1. The molecule has 0 amide bonds. The summed E-state index contributed by atoms with van der Waals surface area (Å²) in [5, 5.41) is 3.16. The van der Waals surface area contributed by atoms with Crippen molar-refractivity contribution >= 4 is 5.82 Å².